The van der Waals surface area contributed by atoms with Crippen molar-refractivity contribution in [3.05, 3.63) is 40.7 Å². The van der Waals surface area contributed by atoms with Crippen LogP contribution < -0.4 is 5.32 Å². The number of amides is 1. The second-order valence-electron chi connectivity index (χ2n) is 4.96. The number of rotatable bonds is 4. The highest BCUT2D eigenvalue weighted by Gasteiger charge is 2.14. The van der Waals surface area contributed by atoms with Gasteiger partial charge in [-0.3, -0.25) is 4.79 Å². The van der Waals surface area contributed by atoms with Crippen molar-refractivity contribution in [3.63, 3.8) is 0 Å². The first kappa shape index (κ1) is 14.8. The van der Waals surface area contributed by atoms with Gasteiger partial charge in [0.15, 0.2) is 0 Å². The van der Waals surface area contributed by atoms with Gasteiger partial charge in [0.25, 0.3) is 0 Å². The number of nitrogens with one attached hydrogen (secondary N) is 2. The van der Waals surface area contributed by atoms with Crippen molar-refractivity contribution in [1.29, 1.82) is 0 Å². The number of aliphatic carboxylic acids is 1. The molecule has 0 unspecified atom stereocenters. The summed E-state index contributed by atoms with van der Waals surface area (Å²) in [6, 6.07) is 5.95. The van der Waals surface area contributed by atoms with Crippen molar-refractivity contribution < 1.29 is 14.7 Å². The zero-order valence-electron chi connectivity index (χ0n) is 12.3. The van der Waals surface area contributed by atoms with E-state index in [4.69, 9.17) is 0 Å². The Balaban J connectivity index is 2.63. The Kier molecular flexibility index (Phi) is 4.12. The molecule has 0 aliphatic carbocycles. The summed E-state index contributed by atoms with van der Waals surface area (Å²) in [4.78, 5) is 25.7. The maximum atomic E-state index is 11.3. The highest BCUT2D eigenvalue weighted by Crippen LogP contribution is 2.26. The molecule has 21 heavy (non-hydrogen) atoms. The summed E-state index contributed by atoms with van der Waals surface area (Å²) in [5.74, 6) is -1.56. The lowest BCUT2D eigenvalue weighted by molar-refractivity contribution is -0.134. The predicted molar refractivity (Wildman–Crippen MR) is 81.8 cm³/mol. The number of hydrogen-bond donors (Lipinski definition) is 3. The van der Waals surface area contributed by atoms with Gasteiger partial charge in [0.2, 0.25) is 5.91 Å². The molecule has 110 valence electrons. The third kappa shape index (κ3) is 3.13. The average Bonchev–Trinajstić information content (AvgIpc) is 2.74. The largest absolute Gasteiger partial charge is 0.477 e. The van der Waals surface area contributed by atoms with E-state index in [2.05, 4.69) is 10.3 Å². The molecule has 1 aromatic carbocycles. The summed E-state index contributed by atoms with van der Waals surface area (Å²) in [7, 11) is 0. The molecular weight excluding hydrogens is 268 g/mol. The molecule has 5 heteroatoms. The second kappa shape index (κ2) is 5.83. The summed E-state index contributed by atoms with van der Waals surface area (Å²) in [5, 5.41) is 12.5. The standard InChI is InChI=1S/C16H18N2O3/c1-4-13-12(8-15(16(20)21)17-10(3)19)11-6-5-9(2)7-14(11)18-13/h5-8,18H,4H2,1-3H3,(H,17,19)(H,20,21)/b15-8-. The lowest BCUT2D eigenvalue weighted by Gasteiger charge is -2.04. The number of carboxylic acids is 1. The Hall–Kier alpha value is -2.56. The number of aromatic nitrogens is 1. The molecule has 0 atom stereocenters. The SMILES string of the molecule is CCc1[nH]c2cc(C)ccc2c1/C=C(\NC(C)=O)C(=O)O. The Morgan fingerprint density at radius 3 is 2.67 bits per heavy atom. The molecule has 1 heterocycles. The average molecular weight is 286 g/mol. The van der Waals surface area contributed by atoms with E-state index < -0.39 is 11.9 Å². The van der Waals surface area contributed by atoms with Crippen LogP contribution in [-0.2, 0) is 16.0 Å². The maximum Gasteiger partial charge on any atom is 0.352 e. The van der Waals surface area contributed by atoms with Gasteiger partial charge in [-0.2, -0.15) is 0 Å². The van der Waals surface area contributed by atoms with E-state index in [9.17, 15) is 14.7 Å². The molecule has 0 spiro atoms. The van der Waals surface area contributed by atoms with E-state index in [1.807, 2.05) is 32.0 Å². The Morgan fingerprint density at radius 2 is 2.10 bits per heavy atom. The summed E-state index contributed by atoms with van der Waals surface area (Å²) in [6.45, 7) is 5.28. The van der Waals surface area contributed by atoms with Gasteiger partial charge in [-0.05, 0) is 31.1 Å². The monoisotopic (exact) mass is 286 g/mol. The van der Waals surface area contributed by atoms with Crippen molar-refractivity contribution in [2.75, 3.05) is 0 Å². The number of carboxylic acid groups (broad SMARTS) is 1. The van der Waals surface area contributed by atoms with Crippen molar-refractivity contribution in [3.8, 4) is 0 Å². The van der Waals surface area contributed by atoms with E-state index in [0.717, 1.165) is 34.1 Å². The van der Waals surface area contributed by atoms with Gasteiger partial charge in [-0.1, -0.05) is 19.1 Å². The first-order valence-corrected chi connectivity index (χ1v) is 6.76. The number of fused-ring (bicyclic) bond motifs is 1. The summed E-state index contributed by atoms with van der Waals surface area (Å²) < 4.78 is 0. The van der Waals surface area contributed by atoms with Crippen LogP contribution in [0, 0.1) is 6.92 Å². The van der Waals surface area contributed by atoms with Crippen LogP contribution in [0.4, 0.5) is 0 Å². The third-order valence-electron chi connectivity index (χ3n) is 3.26. The molecule has 3 N–H and O–H groups in total. The highest BCUT2D eigenvalue weighted by atomic mass is 16.4. The van der Waals surface area contributed by atoms with Crippen molar-refractivity contribution in [1.82, 2.24) is 10.3 Å². The fourth-order valence-electron chi connectivity index (χ4n) is 2.32. The van der Waals surface area contributed by atoms with Gasteiger partial charge in [0.05, 0.1) is 0 Å². The van der Waals surface area contributed by atoms with Gasteiger partial charge in [-0.25, -0.2) is 4.79 Å². The van der Waals surface area contributed by atoms with Crippen LogP contribution in [-0.4, -0.2) is 22.0 Å². The lowest BCUT2D eigenvalue weighted by atomic mass is 10.1. The van der Waals surface area contributed by atoms with E-state index in [0.29, 0.717) is 0 Å². The molecule has 5 nitrogen and oxygen atoms in total. The Labute approximate surface area is 122 Å². The molecule has 0 fully saturated rings. The van der Waals surface area contributed by atoms with Crippen LogP contribution in [0.2, 0.25) is 0 Å². The van der Waals surface area contributed by atoms with Gasteiger partial charge in [0, 0.05) is 29.1 Å². The molecule has 2 rings (SSSR count). The minimum Gasteiger partial charge on any atom is -0.477 e. The fraction of sp³-hybridized carbons (Fsp3) is 0.250. The molecule has 2 aromatic rings. The normalized spacial score (nSPS) is 11.7. The number of carbonyl (C=O) groups excluding carboxylic acids is 1. The molecule has 0 saturated heterocycles. The van der Waals surface area contributed by atoms with E-state index in [1.54, 1.807) is 0 Å². The maximum absolute atomic E-state index is 11.3. The van der Waals surface area contributed by atoms with E-state index >= 15 is 0 Å². The van der Waals surface area contributed by atoms with Crippen LogP contribution in [0.3, 0.4) is 0 Å². The minimum absolute atomic E-state index is 0.126. The van der Waals surface area contributed by atoms with Crippen LogP contribution >= 0.6 is 0 Å². The van der Waals surface area contributed by atoms with Crippen LogP contribution in [0.1, 0.15) is 30.7 Å². The number of benzene rings is 1. The number of hydrogen-bond acceptors (Lipinski definition) is 2. The first-order chi connectivity index (χ1) is 9.92. The molecule has 0 aliphatic heterocycles. The lowest BCUT2D eigenvalue weighted by Crippen LogP contribution is -2.24. The first-order valence-electron chi connectivity index (χ1n) is 6.76. The molecule has 1 amide bonds. The van der Waals surface area contributed by atoms with E-state index in [1.165, 1.54) is 13.0 Å². The summed E-state index contributed by atoms with van der Waals surface area (Å²) in [6.07, 6.45) is 2.25. The van der Waals surface area contributed by atoms with Crippen LogP contribution in [0.5, 0.6) is 0 Å². The van der Waals surface area contributed by atoms with Gasteiger partial charge in [0.1, 0.15) is 5.70 Å². The fourth-order valence-corrected chi connectivity index (χ4v) is 2.32. The minimum atomic E-state index is -1.16. The smallest absolute Gasteiger partial charge is 0.352 e. The van der Waals surface area contributed by atoms with Crippen molar-refractivity contribution >= 4 is 28.9 Å². The van der Waals surface area contributed by atoms with Crippen LogP contribution in [0.15, 0.2) is 23.9 Å². The van der Waals surface area contributed by atoms with Crippen molar-refractivity contribution in [2.45, 2.75) is 27.2 Å². The second-order valence-corrected chi connectivity index (χ2v) is 4.96. The van der Waals surface area contributed by atoms with E-state index in [-0.39, 0.29) is 5.70 Å². The zero-order chi connectivity index (χ0) is 15.6. The molecule has 0 radical (unpaired) electrons. The molecule has 0 bridgehead atoms. The number of aromatic amines is 1. The Morgan fingerprint density at radius 1 is 1.38 bits per heavy atom. The molecule has 1 aromatic heterocycles. The number of H-pyrrole nitrogens is 1. The van der Waals surface area contributed by atoms with Gasteiger partial charge in [-0.15, -0.1) is 0 Å². The quantitative estimate of drug-likeness (QED) is 0.755. The van der Waals surface area contributed by atoms with Crippen LogP contribution in [0.25, 0.3) is 17.0 Å². The predicted octanol–water partition coefficient (Wildman–Crippen LogP) is 2.60. The van der Waals surface area contributed by atoms with Gasteiger partial charge < -0.3 is 15.4 Å². The number of aryl methyl sites for hydroxylation is 2. The molecular formula is C16H18N2O3. The third-order valence-corrected chi connectivity index (χ3v) is 3.26. The van der Waals surface area contributed by atoms with Crippen molar-refractivity contribution in [2.24, 2.45) is 0 Å². The Bertz CT molecular complexity index is 741. The molecule has 0 aliphatic rings. The van der Waals surface area contributed by atoms with Gasteiger partial charge >= 0.3 is 5.97 Å². The summed E-state index contributed by atoms with van der Waals surface area (Å²) in [5.41, 5.74) is 3.71. The topological polar surface area (TPSA) is 82.2 Å². The molecule has 0 saturated carbocycles. The zero-order valence-corrected chi connectivity index (χ0v) is 12.3. The summed E-state index contributed by atoms with van der Waals surface area (Å²) >= 11 is 0. The number of carbonyl (C=O) groups is 2. The highest BCUT2D eigenvalue weighted by molar-refractivity contribution is 6.00.